The number of carbonyl (C=O) groups excluding carboxylic acids is 1. The zero-order valence-electron chi connectivity index (χ0n) is 6.29. The fraction of sp³-hybridized carbons (Fsp3) is 0.500. The van der Waals surface area contributed by atoms with Crippen molar-refractivity contribution in [1.29, 1.82) is 5.26 Å². The lowest BCUT2D eigenvalue weighted by molar-refractivity contribution is -0.117. The fourth-order valence-electron chi connectivity index (χ4n) is 0.566. The number of rotatable bonds is 3. The van der Waals surface area contributed by atoms with Gasteiger partial charge in [-0.05, 0) is 13.0 Å². The second-order valence-corrected chi connectivity index (χ2v) is 2.17. The van der Waals surface area contributed by atoms with Crippen molar-refractivity contribution in [2.75, 3.05) is 0 Å². The Labute approximate surface area is 61.2 Å². The molecule has 0 aromatic rings. The number of nitriles is 1. The molecule has 0 aliphatic heterocycles. The van der Waals surface area contributed by atoms with Gasteiger partial charge in [0.2, 0.25) is 0 Å². The molecule has 0 amide bonds. The summed E-state index contributed by atoms with van der Waals surface area (Å²) in [5.74, 6) is -0.120. The van der Waals surface area contributed by atoms with E-state index in [9.17, 15) is 4.79 Å². The Hall–Kier alpha value is -1.10. The Kier molecular flexibility index (Phi) is 4.23. The minimum atomic E-state index is -0.152. The van der Waals surface area contributed by atoms with Crippen molar-refractivity contribution in [1.82, 2.24) is 0 Å². The average molecular weight is 137 g/mol. The minimum absolute atomic E-state index is 0.0315. The molecule has 0 bridgehead atoms. The van der Waals surface area contributed by atoms with E-state index < -0.39 is 0 Å². The summed E-state index contributed by atoms with van der Waals surface area (Å²) >= 11 is 0. The normalized spacial score (nSPS) is 12.9. The third kappa shape index (κ3) is 3.03. The Bertz CT molecular complexity index is 176. The molecule has 2 heteroatoms. The van der Waals surface area contributed by atoms with Crippen LogP contribution >= 0.6 is 0 Å². The molecule has 0 radical (unpaired) electrons. The van der Waals surface area contributed by atoms with Gasteiger partial charge in [0.25, 0.3) is 0 Å². The maximum absolute atomic E-state index is 10.9. The number of carbonyl (C=O) groups is 1. The van der Waals surface area contributed by atoms with Gasteiger partial charge in [0.1, 0.15) is 0 Å². The maximum Gasteiger partial charge on any atom is 0.159 e. The van der Waals surface area contributed by atoms with E-state index in [0.717, 1.165) is 0 Å². The Morgan fingerprint density at radius 2 is 2.40 bits per heavy atom. The van der Waals surface area contributed by atoms with Crippen LogP contribution in [0.5, 0.6) is 0 Å². The minimum Gasteiger partial charge on any atom is -0.295 e. The van der Waals surface area contributed by atoms with E-state index in [2.05, 4.69) is 0 Å². The summed E-state index contributed by atoms with van der Waals surface area (Å²) in [5, 5.41) is 8.23. The zero-order valence-corrected chi connectivity index (χ0v) is 6.29. The van der Waals surface area contributed by atoms with Crippen molar-refractivity contribution >= 4 is 5.78 Å². The molecular weight excluding hydrogens is 126 g/mol. The van der Waals surface area contributed by atoms with Gasteiger partial charge in [-0.1, -0.05) is 13.0 Å². The smallest absolute Gasteiger partial charge is 0.159 e. The lowest BCUT2D eigenvalue weighted by Gasteiger charge is -1.98. The van der Waals surface area contributed by atoms with Gasteiger partial charge in [0, 0.05) is 12.3 Å². The van der Waals surface area contributed by atoms with Crippen LogP contribution in [0.1, 0.15) is 20.3 Å². The number of hydrogen-bond acceptors (Lipinski definition) is 2. The van der Waals surface area contributed by atoms with Crippen LogP contribution in [0, 0.1) is 17.2 Å². The monoisotopic (exact) mass is 137 g/mol. The topological polar surface area (TPSA) is 40.9 Å². The second-order valence-electron chi connectivity index (χ2n) is 2.17. The molecule has 0 spiro atoms. The lowest BCUT2D eigenvalue weighted by atomic mass is 10.0. The molecule has 0 rings (SSSR count). The van der Waals surface area contributed by atoms with Gasteiger partial charge < -0.3 is 0 Å². The molecule has 1 unspecified atom stereocenters. The van der Waals surface area contributed by atoms with E-state index in [1.54, 1.807) is 19.9 Å². The molecule has 0 saturated heterocycles. The van der Waals surface area contributed by atoms with Crippen LogP contribution in [-0.4, -0.2) is 5.78 Å². The highest BCUT2D eigenvalue weighted by atomic mass is 16.1. The molecular formula is C8H11NO. The quantitative estimate of drug-likeness (QED) is 0.555. The molecule has 0 N–H and O–H groups in total. The predicted octanol–water partition coefficient (Wildman–Crippen LogP) is 1.68. The molecule has 0 heterocycles. The standard InChI is InChI=1S/C8H11NO/c1-3-4-8(10)7(2)5-6-9/h3-4,7H,5H2,1-2H3/b4-3+. The molecule has 2 nitrogen and oxygen atoms in total. The number of nitrogens with zero attached hydrogens (tertiary/aromatic N) is 1. The summed E-state index contributed by atoms with van der Waals surface area (Å²) in [6.07, 6.45) is 3.50. The van der Waals surface area contributed by atoms with Crippen LogP contribution < -0.4 is 0 Å². The van der Waals surface area contributed by atoms with Crippen LogP contribution in [0.15, 0.2) is 12.2 Å². The largest absolute Gasteiger partial charge is 0.295 e. The van der Waals surface area contributed by atoms with Crippen LogP contribution in [0.2, 0.25) is 0 Å². The average Bonchev–Trinajstić information content (AvgIpc) is 1.89. The highest BCUT2D eigenvalue weighted by Crippen LogP contribution is 2.02. The first-order chi connectivity index (χ1) is 4.72. The second kappa shape index (κ2) is 4.75. The first-order valence-electron chi connectivity index (χ1n) is 3.25. The maximum atomic E-state index is 10.9. The molecule has 54 valence electrons. The Morgan fingerprint density at radius 3 is 2.80 bits per heavy atom. The van der Waals surface area contributed by atoms with E-state index in [-0.39, 0.29) is 11.7 Å². The number of ketones is 1. The Morgan fingerprint density at radius 1 is 1.80 bits per heavy atom. The summed E-state index contributed by atoms with van der Waals surface area (Å²) < 4.78 is 0. The van der Waals surface area contributed by atoms with Gasteiger partial charge in [0.05, 0.1) is 6.07 Å². The van der Waals surface area contributed by atoms with Gasteiger partial charge >= 0.3 is 0 Å². The van der Waals surface area contributed by atoms with Gasteiger partial charge in [0.15, 0.2) is 5.78 Å². The summed E-state index contributed by atoms with van der Waals surface area (Å²) in [5.41, 5.74) is 0. The number of hydrogen-bond donors (Lipinski definition) is 0. The van der Waals surface area contributed by atoms with Crippen molar-refractivity contribution in [2.24, 2.45) is 5.92 Å². The van der Waals surface area contributed by atoms with Gasteiger partial charge in [-0.3, -0.25) is 4.79 Å². The molecule has 0 aliphatic rings. The fourth-order valence-corrected chi connectivity index (χ4v) is 0.566. The predicted molar refractivity (Wildman–Crippen MR) is 39.2 cm³/mol. The Balaban J connectivity index is 3.85. The molecule has 0 fully saturated rings. The molecule has 1 atom stereocenters. The zero-order chi connectivity index (χ0) is 7.98. The molecule has 0 aliphatic carbocycles. The van der Waals surface area contributed by atoms with Gasteiger partial charge in [-0.25, -0.2) is 0 Å². The van der Waals surface area contributed by atoms with Crippen molar-refractivity contribution in [2.45, 2.75) is 20.3 Å². The van der Waals surface area contributed by atoms with Crippen LogP contribution in [0.4, 0.5) is 0 Å². The number of allylic oxidation sites excluding steroid dienone is 2. The van der Waals surface area contributed by atoms with Crippen molar-refractivity contribution in [3.63, 3.8) is 0 Å². The molecule has 0 saturated carbocycles. The van der Waals surface area contributed by atoms with E-state index in [1.165, 1.54) is 6.08 Å². The molecule has 10 heavy (non-hydrogen) atoms. The highest BCUT2D eigenvalue weighted by molar-refractivity contribution is 5.91. The van der Waals surface area contributed by atoms with Crippen molar-refractivity contribution < 1.29 is 4.79 Å². The third-order valence-electron chi connectivity index (χ3n) is 1.21. The van der Waals surface area contributed by atoms with E-state index >= 15 is 0 Å². The summed E-state index contributed by atoms with van der Waals surface area (Å²) in [6, 6.07) is 1.95. The van der Waals surface area contributed by atoms with Crippen molar-refractivity contribution in [3.8, 4) is 6.07 Å². The lowest BCUT2D eigenvalue weighted by Crippen LogP contribution is -2.06. The first kappa shape index (κ1) is 8.90. The SMILES string of the molecule is C/C=C/C(=O)C(C)CC#N. The van der Waals surface area contributed by atoms with Crippen LogP contribution in [-0.2, 0) is 4.79 Å². The van der Waals surface area contributed by atoms with E-state index in [0.29, 0.717) is 6.42 Å². The van der Waals surface area contributed by atoms with E-state index in [1.807, 2.05) is 6.07 Å². The summed E-state index contributed by atoms with van der Waals surface area (Å²) in [7, 11) is 0. The first-order valence-corrected chi connectivity index (χ1v) is 3.25. The summed E-state index contributed by atoms with van der Waals surface area (Å²) in [4.78, 5) is 10.9. The van der Waals surface area contributed by atoms with Gasteiger partial charge in [-0.15, -0.1) is 0 Å². The van der Waals surface area contributed by atoms with Gasteiger partial charge in [-0.2, -0.15) is 5.26 Å². The van der Waals surface area contributed by atoms with E-state index in [4.69, 9.17) is 5.26 Å². The van der Waals surface area contributed by atoms with Crippen LogP contribution in [0.3, 0.4) is 0 Å². The highest BCUT2D eigenvalue weighted by Gasteiger charge is 2.07. The summed E-state index contributed by atoms with van der Waals surface area (Å²) in [6.45, 7) is 3.54. The van der Waals surface area contributed by atoms with Crippen molar-refractivity contribution in [3.05, 3.63) is 12.2 Å². The molecule has 0 aromatic heterocycles. The van der Waals surface area contributed by atoms with Crippen LogP contribution in [0.25, 0.3) is 0 Å². The molecule has 0 aromatic carbocycles. The third-order valence-corrected chi connectivity index (χ3v) is 1.21.